The van der Waals surface area contributed by atoms with E-state index in [0.29, 0.717) is 32.3 Å². The van der Waals surface area contributed by atoms with E-state index in [1.165, 1.54) is 0 Å². The minimum absolute atomic E-state index is 0.00238. The summed E-state index contributed by atoms with van der Waals surface area (Å²) < 4.78 is 24.7. The van der Waals surface area contributed by atoms with E-state index in [1.54, 1.807) is 0 Å². The molecular weight excluding hydrogens is 520 g/mol. The Morgan fingerprint density at radius 1 is 1.10 bits per heavy atom. The average Bonchev–Trinajstić information content (AvgIpc) is 3.21. The van der Waals surface area contributed by atoms with Crippen molar-refractivity contribution < 1.29 is 34.0 Å². The van der Waals surface area contributed by atoms with Crippen molar-refractivity contribution in [3.05, 3.63) is 35.4 Å². The average molecular weight is 569 g/mol. The third-order valence-corrected chi connectivity index (χ3v) is 8.15. The van der Waals surface area contributed by atoms with Gasteiger partial charge >= 0.3 is 5.97 Å². The Kier molecular flexibility index (Phi) is 14.5. The molecule has 3 unspecified atom stereocenters. The first-order valence-electron chi connectivity index (χ1n) is 14.9. The summed E-state index contributed by atoms with van der Waals surface area (Å²) >= 11 is 6.13. The molecule has 3 aliphatic rings. The van der Waals surface area contributed by atoms with Crippen molar-refractivity contribution in [2.75, 3.05) is 13.2 Å². The van der Waals surface area contributed by atoms with Gasteiger partial charge in [-0.3, -0.25) is 4.79 Å². The van der Waals surface area contributed by atoms with Crippen LogP contribution in [0.2, 0.25) is 0 Å². The molecule has 0 aromatic rings. The molecule has 0 aromatic carbocycles. The summed E-state index contributed by atoms with van der Waals surface area (Å²) in [6.07, 6.45) is 18.9. The number of unbranched alkanes of at least 4 members (excludes halogenated alkanes) is 1. The van der Waals surface area contributed by atoms with Gasteiger partial charge in [0.1, 0.15) is 0 Å². The van der Waals surface area contributed by atoms with Crippen LogP contribution in [0.5, 0.6) is 0 Å². The third kappa shape index (κ3) is 11.7. The highest BCUT2D eigenvalue weighted by atomic mass is 35.5. The van der Waals surface area contributed by atoms with Crippen LogP contribution in [0.25, 0.3) is 0 Å². The van der Waals surface area contributed by atoms with Crippen LogP contribution in [-0.2, 0) is 23.7 Å². The van der Waals surface area contributed by atoms with Gasteiger partial charge in [0.15, 0.2) is 12.6 Å². The third-order valence-electron chi connectivity index (χ3n) is 7.99. The molecule has 7 nitrogen and oxygen atoms in total. The molecule has 8 atom stereocenters. The fourth-order valence-electron chi connectivity index (χ4n) is 5.67. The van der Waals surface area contributed by atoms with Crippen molar-refractivity contribution in [1.29, 1.82) is 0 Å². The lowest BCUT2D eigenvalue weighted by Gasteiger charge is -2.31. The first kappa shape index (κ1) is 32.3. The Labute approximate surface area is 239 Å². The maximum Gasteiger partial charge on any atom is 0.303 e. The summed E-state index contributed by atoms with van der Waals surface area (Å²) in [5.41, 5.74) is 0. The minimum Gasteiger partial charge on any atom is -0.481 e. The van der Waals surface area contributed by atoms with Crippen LogP contribution < -0.4 is 0 Å². The maximum absolute atomic E-state index is 11.1. The lowest BCUT2D eigenvalue weighted by molar-refractivity contribution is -0.193. The summed E-state index contributed by atoms with van der Waals surface area (Å²) in [7, 11) is 0. The van der Waals surface area contributed by atoms with Crippen LogP contribution in [-0.4, -0.2) is 60.3 Å². The molecule has 0 bridgehead atoms. The van der Waals surface area contributed by atoms with Gasteiger partial charge in [-0.2, -0.15) is 0 Å². The zero-order valence-corrected chi connectivity index (χ0v) is 24.5. The largest absolute Gasteiger partial charge is 0.481 e. The summed E-state index contributed by atoms with van der Waals surface area (Å²) in [6, 6.07) is 0. The van der Waals surface area contributed by atoms with Gasteiger partial charge in [0.2, 0.25) is 0 Å². The lowest BCUT2D eigenvalue weighted by atomic mass is 9.88. The number of carboxylic acids is 1. The van der Waals surface area contributed by atoms with E-state index in [1.807, 2.05) is 19.1 Å². The van der Waals surface area contributed by atoms with Crippen molar-refractivity contribution in [3.8, 4) is 0 Å². The number of aliphatic carboxylic acids is 1. The molecule has 2 N–H and O–H groups in total. The summed E-state index contributed by atoms with van der Waals surface area (Å²) in [6.45, 7) is 5.49. The Morgan fingerprint density at radius 3 is 2.46 bits per heavy atom. The first-order chi connectivity index (χ1) is 18.8. The van der Waals surface area contributed by atoms with E-state index in [0.717, 1.165) is 56.6 Å². The van der Waals surface area contributed by atoms with Gasteiger partial charge in [0, 0.05) is 37.0 Å². The number of carbonyl (C=O) groups is 1. The Balaban J connectivity index is 1.73. The van der Waals surface area contributed by atoms with Gasteiger partial charge in [-0.15, -0.1) is 0 Å². The van der Waals surface area contributed by atoms with Crippen LogP contribution in [0.4, 0.5) is 0 Å². The predicted octanol–water partition coefficient (Wildman–Crippen LogP) is 6.73. The predicted molar refractivity (Wildman–Crippen MR) is 152 cm³/mol. The second-order valence-electron chi connectivity index (χ2n) is 11.3. The fourth-order valence-corrected chi connectivity index (χ4v) is 5.76. The molecule has 0 spiro atoms. The van der Waals surface area contributed by atoms with E-state index in [4.69, 9.17) is 35.7 Å². The molecule has 8 heteroatoms. The molecule has 39 heavy (non-hydrogen) atoms. The van der Waals surface area contributed by atoms with Crippen LogP contribution in [0.3, 0.4) is 0 Å². The maximum atomic E-state index is 11.1. The number of carboxylic acid groups (broad SMARTS) is 1. The minimum atomic E-state index is -0.772. The molecular formula is C31H49ClO7. The van der Waals surface area contributed by atoms with Crippen molar-refractivity contribution in [2.45, 2.75) is 122 Å². The monoisotopic (exact) mass is 568 g/mol. The highest BCUT2D eigenvalue weighted by Crippen LogP contribution is 2.40. The molecule has 0 aromatic heterocycles. The zero-order chi connectivity index (χ0) is 28.0. The second kappa shape index (κ2) is 17.6. The van der Waals surface area contributed by atoms with Crippen molar-refractivity contribution >= 4 is 17.6 Å². The van der Waals surface area contributed by atoms with Crippen molar-refractivity contribution in [2.24, 2.45) is 17.8 Å². The van der Waals surface area contributed by atoms with E-state index < -0.39 is 12.1 Å². The topological polar surface area (TPSA) is 94.5 Å². The molecule has 3 fully saturated rings. The molecule has 3 rings (SSSR count). The smallest absolute Gasteiger partial charge is 0.303 e. The van der Waals surface area contributed by atoms with Gasteiger partial charge in [0.25, 0.3) is 0 Å². The van der Waals surface area contributed by atoms with Crippen molar-refractivity contribution in [3.63, 3.8) is 0 Å². The first-order valence-corrected chi connectivity index (χ1v) is 15.3. The van der Waals surface area contributed by atoms with Crippen LogP contribution in [0.15, 0.2) is 35.4 Å². The highest BCUT2D eigenvalue weighted by molar-refractivity contribution is 6.29. The van der Waals surface area contributed by atoms with Crippen LogP contribution >= 0.6 is 11.6 Å². The fraction of sp³-hybridized carbons (Fsp3) is 0.774. The van der Waals surface area contributed by atoms with E-state index in [-0.39, 0.29) is 49.0 Å². The molecule has 222 valence electrons. The number of halogens is 1. The van der Waals surface area contributed by atoms with Crippen molar-refractivity contribution in [1.82, 2.24) is 0 Å². The molecule has 2 aliphatic heterocycles. The Bertz CT molecular complexity index is 797. The number of aliphatic hydroxyl groups excluding tert-OH is 1. The summed E-state index contributed by atoms with van der Waals surface area (Å²) in [5.74, 6) is -0.575. The standard InChI is InChI=1S/C31H49ClO7/c1-22(15-16-23(2)32)27(38-30-13-7-9-19-36-30)18-17-25-24(11-5-3-4-6-12-29(34)35)26(33)21-28(25)39-31-14-8-10-20-37-31/h3,5,16-18,22,24-28,30-31,33H,4,6-15,19-21H2,1-2H3,(H,34,35)/b5-3-,18-17+,23-16-/t22?,24-,25-,26+,27-,28-,30?,31?/m1/s1. The molecule has 1 saturated carbocycles. The van der Waals surface area contributed by atoms with Gasteiger partial charge in [-0.25, -0.2) is 0 Å². The quantitative estimate of drug-likeness (QED) is 0.167. The Morgan fingerprint density at radius 2 is 1.82 bits per heavy atom. The lowest BCUT2D eigenvalue weighted by Crippen LogP contribution is -2.32. The van der Waals surface area contributed by atoms with Gasteiger partial charge in [0.05, 0.1) is 18.3 Å². The number of hydrogen-bond donors (Lipinski definition) is 2. The van der Waals surface area contributed by atoms with E-state index in [2.05, 4.69) is 25.2 Å². The summed E-state index contributed by atoms with van der Waals surface area (Å²) in [5, 5.41) is 20.7. The SMILES string of the molecule is C/C(Cl)=C/CC(C)[C@@H](/C=C/[C@@H]1[C@@H](C/C=C\CCCC(=O)O)[C@@H](O)C[C@H]1OC1CCCCO1)OC1CCCCO1. The number of rotatable bonds is 15. The number of aliphatic hydroxyl groups is 1. The van der Waals surface area contributed by atoms with Gasteiger partial charge in [-0.05, 0) is 83.0 Å². The second-order valence-corrected chi connectivity index (χ2v) is 11.9. The van der Waals surface area contributed by atoms with E-state index >= 15 is 0 Å². The molecule has 0 radical (unpaired) electrons. The highest BCUT2D eigenvalue weighted by Gasteiger charge is 2.42. The van der Waals surface area contributed by atoms with Crippen LogP contribution in [0.1, 0.15) is 90.9 Å². The molecule has 2 saturated heterocycles. The number of ether oxygens (including phenoxy) is 4. The number of hydrogen-bond acceptors (Lipinski definition) is 6. The Hall–Kier alpha value is -1.22. The molecule has 1 aliphatic carbocycles. The number of allylic oxidation sites excluding steroid dienone is 4. The normalized spacial score (nSPS) is 32.2. The van der Waals surface area contributed by atoms with E-state index in [9.17, 15) is 9.90 Å². The summed E-state index contributed by atoms with van der Waals surface area (Å²) in [4.78, 5) is 10.8. The van der Waals surface area contributed by atoms with Gasteiger partial charge in [-0.1, -0.05) is 48.9 Å². The molecule has 2 heterocycles. The van der Waals surface area contributed by atoms with Gasteiger partial charge < -0.3 is 29.2 Å². The zero-order valence-electron chi connectivity index (χ0n) is 23.7. The van der Waals surface area contributed by atoms with Crippen LogP contribution in [0, 0.1) is 17.8 Å². The molecule has 0 amide bonds.